The Hall–Kier alpha value is -0.160. The van der Waals surface area contributed by atoms with Crippen LogP contribution in [0.3, 0.4) is 0 Å². The molecule has 0 fully saturated rings. The van der Waals surface area contributed by atoms with Crippen LogP contribution in [0.5, 0.6) is 0 Å². The lowest BCUT2D eigenvalue weighted by Crippen LogP contribution is -2.39. The molecule has 86 valence electrons. The van der Waals surface area contributed by atoms with Crippen molar-refractivity contribution in [3.63, 3.8) is 0 Å². The molecule has 0 aromatic carbocycles. The highest BCUT2D eigenvalue weighted by Gasteiger charge is 2.00. The van der Waals surface area contributed by atoms with Crippen LogP contribution >= 0.6 is 0 Å². The fraction of sp³-hybridized carbons (Fsp3) is 1.00. The minimum absolute atomic E-state index is 0.507. The number of hydrogen-bond donors (Lipinski definition) is 4. The predicted octanol–water partition coefficient (Wildman–Crippen LogP) is -0.284. The minimum atomic E-state index is 0.507. The highest BCUT2D eigenvalue weighted by atomic mass is 15.1. The Morgan fingerprint density at radius 2 is 1.93 bits per heavy atom. The summed E-state index contributed by atoms with van der Waals surface area (Å²) in [6.07, 6.45) is 1.04. The van der Waals surface area contributed by atoms with Gasteiger partial charge in [0, 0.05) is 19.3 Å². The van der Waals surface area contributed by atoms with Gasteiger partial charge in [0.1, 0.15) is 0 Å². The second kappa shape index (κ2) is 9.40. The molecule has 0 bridgehead atoms. The second-order valence-electron chi connectivity index (χ2n) is 3.98. The normalized spacial score (nSPS) is 15.4. The molecule has 2 unspecified atom stereocenters. The summed E-state index contributed by atoms with van der Waals surface area (Å²) in [7, 11) is 1.98. The van der Waals surface area contributed by atoms with Gasteiger partial charge in [-0.15, -0.1) is 0 Å². The zero-order valence-electron chi connectivity index (χ0n) is 9.77. The zero-order valence-corrected chi connectivity index (χ0v) is 9.77. The Morgan fingerprint density at radius 3 is 2.50 bits per heavy atom. The average Bonchev–Trinajstić information content (AvgIpc) is 2.13. The fourth-order valence-electron chi connectivity index (χ4n) is 1.34. The maximum atomic E-state index is 5.45. The van der Waals surface area contributed by atoms with Gasteiger partial charge in [0.2, 0.25) is 0 Å². The van der Waals surface area contributed by atoms with Crippen LogP contribution in [-0.4, -0.2) is 39.4 Å². The summed E-state index contributed by atoms with van der Waals surface area (Å²) in [5, 5.41) is 9.90. The van der Waals surface area contributed by atoms with Gasteiger partial charge >= 0.3 is 0 Å². The molecule has 0 saturated carbocycles. The molecule has 4 heteroatoms. The lowest BCUT2D eigenvalue weighted by molar-refractivity contribution is 0.439. The quantitative estimate of drug-likeness (QED) is 0.307. The largest absolute Gasteiger partial charge is 0.330 e. The third kappa shape index (κ3) is 8.44. The number of hydrogen-bond acceptors (Lipinski definition) is 4. The summed E-state index contributed by atoms with van der Waals surface area (Å²) in [5.74, 6) is 0.673. The lowest BCUT2D eigenvalue weighted by Gasteiger charge is -2.15. The third-order valence-corrected chi connectivity index (χ3v) is 2.22. The van der Waals surface area contributed by atoms with Crippen molar-refractivity contribution >= 4 is 0 Å². The van der Waals surface area contributed by atoms with E-state index < -0.39 is 0 Å². The highest BCUT2D eigenvalue weighted by Crippen LogP contribution is 1.88. The second-order valence-corrected chi connectivity index (χ2v) is 3.98. The lowest BCUT2D eigenvalue weighted by atomic mass is 10.2. The van der Waals surface area contributed by atoms with Crippen molar-refractivity contribution in [1.82, 2.24) is 16.0 Å². The van der Waals surface area contributed by atoms with Crippen LogP contribution in [0.4, 0.5) is 0 Å². The van der Waals surface area contributed by atoms with Gasteiger partial charge in [-0.3, -0.25) is 0 Å². The van der Waals surface area contributed by atoms with Crippen LogP contribution < -0.4 is 21.7 Å². The number of nitrogens with two attached hydrogens (primary N) is 1. The SMILES string of the molecule is CNCC(C)CNCNC(C)CCN. The van der Waals surface area contributed by atoms with Crippen LogP contribution in [0, 0.1) is 5.92 Å². The fourth-order valence-corrected chi connectivity index (χ4v) is 1.34. The highest BCUT2D eigenvalue weighted by molar-refractivity contribution is 4.62. The van der Waals surface area contributed by atoms with Gasteiger partial charge in [0.25, 0.3) is 0 Å². The van der Waals surface area contributed by atoms with E-state index in [0.717, 1.165) is 32.7 Å². The van der Waals surface area contributed by atoms with E-state index in [-0.39, 0.29) is 0 Å². The average molecular weight is 202 g/mol. The summed E-state index contributed by atoms with van der Waals surface area (Å²) in [6, 6.07) is 0.507. The van der Waals surface area contributed by atoms with Gasteiger partial charge in [-0.2, -0.15) is 0 Å². The topological polar surface area (TPSA) is 62.1 Å². The Bertz CT molecular complexity index is 105. The molecule has 0 aliphatic carbocycles. The standard InChI is InChI=1S/C10H26N4/c1-9(6-12-3)7-13-8-14-10(2)4-5-11/h9-10,12-14H,4-8,11H2,1-3H3. The molecule has 0 aliphatic heterocycles. The molecule has 0 spiro atoms. The molecule has 0 aromatic rings. The Labute approximate surface area is 88.0 Å². The maximum absolute atomic E-state index is 5.45. The van der Waals surface area contributed by atoms with Gasteiger partial charge in [-0.25, -0.2) is 0 Å². The van der Waals surface area contributed by atoms with E-state index in [2.05, 4.69) is 29.8 Å². The summed E-state index contributed by atoms with van der Waals surface area (Å²) in [4.78, 5) is 0. The van der Waals surface area contributed by atoms with Crippen molar-refractivity contribution in [1.29, 1.82) is 0 Å². The van der Waals surface area contributed by atoms with E-state index in [1.165, 1.54) is 0 Å². The third-order valence-electron chi connectivity index (χ3n) is 2.22. The van der Waals surface area contributed by atoms with Crippen molar-refractivity contribution in [2.24, 2.45) is 11.7 Å². The molecule has 0 aromatic heterocycles. The molecule has 0 amide bonds. The molecule has 5 N–H and O–H groups in total. The van der Waals surface area contributed by atoms with Crippen molar-refractivity contribution < 1.29 is 0 Å². The van der Waals surface area contributed by atoms with Gasteiger partial charge in [-0.05, 0) is 39.4 Å². The first-order valence-electron chi connectivity index (χ1n) is 5.49. The van der Waals surface area contributed by atoms with E-state index in [4.69, 9.17) is 5.73 Å². The monoisotopic (exact) mass is 202 g/mol. The van der Waals surface area contributed by atoms with E-state index in [1.807, 2.05) is 7.05 Å². The first-order valence-corrected chi connectivity index (χ1v) is 5.49. The van der Waals surface area contributed by atoms with Crippen LogP contribution in [-0.2, 0) is 0 Å². The van der Waals surface area contributed by atoms with E-state index >= 15 is 0 Å². The van der Waals surface area contributed by atoms with Crippen molar-refractivity contribution in [2.45, 2.75) is 26.3 Å². The Morgan fingerprint density at radius 1 is 1.21 bits per heavy atom. The van der Waals surface area contributed by atoms with Gasteiger partial charge in [0.05, 0.1) is 0 Å². The van der Waals surface area contributed by atoms with Gasteiger partial charge in [0.15, 0.2) is 0 Å². The summed E-state index contributed by atoms with van der Waals surface area (Å²) >= 11 is 0. The first kappa shape index (κ1) is 13.8. The van der Waals surface area contributed by atoms with E-state index in [1.54, 1.807) is 0 Å². The minimum Gasteiger partial charge on any atom is -0.330 e. The molecule has 4 nitrogen and oxygen atoms in total. The van der Waals surface area contributed by atoms with Crippen LogP contribution in [0.15, 0.2) is 0 Å². The maximum Gasteiger partial charge on any atom is 0.0456 e. The molecule has 0 rings (SSSR count). The van der Waals surface area contributed by atoms with Gasteiger partial charge in [-0.1, -0.05) is 6.92 Å². The Kier molecular flexibility index (Phi) is 9.29. The first-order chi connectivity index (χ1) is 6.70. The molecule has 14 heavy (non-hydrogen) atoms. The predicted molar refractivity (Wildman–Crippen MR) is 62.2 cm³/mol. The van der Waals surface area contributed by atoms with Crippen LogP contribution in [0.25, 0.3) is 0 Å². The van der Waals surface area contributed by atoms with Crippen molar-refractivity contribution in [3.8, 4) is 0 Å². The Balaban J connectivity index is 3.19. The van der Waals surface area contributed by atoms with Crippen LogP contribution in [0.2, 0.25) is 0 Å². The molecular weight excluding hydrogens is 176 g/mol. The molecular formula is C10H26N4. The van der Waals surface area contributed by atoms with Gasteiger partial charge < -0.3 is 21.7 Å². The summed E-state index contributed by atoms with van der Waals surface area (Å²) < 4.78 is 0. The number of rotatable bonds is 9. The number of nitrogens with one attached hydrogen (secondary N) is 3. The van der Waals surface area contributed by atoms with Crippen molar-refractivity contribution in [3.05, 3.63) is 0 Å². The zero-order chi connectivity index (χ0) is 10.8. The molecule has 0 aliphatic rings. The van der Waals surface area contributed by atoms with Crippen LogP contribution in [0.1, 0.15) is 20.3 Å². The molecule has 2 atom stereocenters. The van der Waals surface area contributed by atoms with E-state index in [0.29, 0.717) is 12.0 Å². The van der Waals surface area contributed by atoms with E-state index in [9.17, 15) is 0 Å². The smallest absolute Gasteiger partial charge is 0.0456 e. The molecule has 0 heterocycles. The summed E-state index contributed by atoms with van der Waals surface area (Å²) in [6.45, 7) is 8.12. The molecule has 0 saturated heterocycles. The summed E-state index contributed by atoms with van der Waals surface area (Å²) in [5.41, 5.74) is 5.45. The molecule has 0 radical (unpaired) electrons. The van der Waals surface area contributed by atoms with Crippen molar-refractivity contribution in [2.75, 3.05) is 33.4 Å².